The van der Waals surface area contributed by atoms with Crippen molar-refractivity contribution in [3.8, 4) is 0 Å². The molecule has 6 nitrogen and oxygen atoms in total. The van der Waals surface area contributed by atoms with Gasteiger partial charge in [0, 0.05) is 12.1 Å². The van der Waals surface area contributed by atoms with Crippen molar-refractivity contribution in [1.82, 2.24) is 0 Å². The number of fused-ring (bicyclic) bond motifs is 1. The molecule has 2 rings (SSSR count). The topological polar surface area (TPSA) is 84.3 Å². The molecule has 0 bridgehead atoms. The summed E-state index contributed by atoms with van der Waals surface area (Å²) in [5, 5.41) is 15.8. The number of non-ortho nitro benzene ring substituents is 1. The van der Waals surface area contributed by atoms with E-state index in [9.17, 15) is 14.9 Å². The van der Waals surface area contributed by atoms with Gasteiger partial charge in [0.05, 0.1) is 22.8 Å². The number of nitrogens with one attached hydrogen (secondary N) is 2. The van der Waals surface area contributed by atoms with Crippen LogP contribution >= 0.6 is 0 Å². The molecule has 1 aliphatic rings. The first-order chi connectivity index (χ1) is 6.66. The fourth-order valence-electron chi connectivity index (χ4n) is 1.27. The molecule has 72 valence electrons. The van der Waals surface area contributed by atoms with E-state index >= 15 is 0 Å². The normalized spacial score (nSPS) is 13.9. The van der Waals surface area contributed by atoms with E-state index in [-0.39, 0.29) is 18.1 Å². The summed E-state index contributed by atoms with van der Waals surface area (Å²) in [5.74, 6) is -0.196. The van der Waals surface area contributed by atoms with Gasteiger partial charge in [0.1, 0.15) is 0 Å². The van der Waals surface area contributed by atoms with Gasteiger partial charge in [-0.05, 0) is 6.07 Å². The number of carbonyl (C=O) groups excluding carboxylic acids is 1. The second-order valence-corrected chi connectivity index (χ2v) is 2.89. The monoisotopic (exact) mass is 193 g/mol. The summed E-state index contributed by atoms with van der Waals surface area (Å²) < 4.78 is 0. The third-order valence-corrected chi connectivity index (χ3v) is 1.93. The summed E-state index contributed by atoms with van der Waals surface area (Å²) in [6, 6.07) is 4.30. The van der Waals surface area contributed by atoms with Crippen LogP contribution in [0.2, 0.25) is 0 Å². The number of benzene rings is 1. The minimum Gasteiger partial charge on any atom is -0.374 e. The standard InChI is InChI=1S/C8H7N3O3/c12-8-4-9-6-2-1-5(11(13)14)3-7(6)10-8/h1-3,9H,4H2,(H,10,12). The first-order valence-electron chi connectivity index (χ1n) is 3.99. The Labute approximate surface area is 79.1 Å². The maximum absolute atomic E-state index is 11.0. The zero-order chi connectivity index (χ0) is 10.1. The fourth-order valence-corrected chi connectivity index (χ4v) is 1.27. The first kappa shape index (κ1) is 8.49. The molecule has 6 heteroatoms. The third-order valence-electron chi connectivity index (χ3n) is 1.93. The van der Waals surface area contributed by atoms with Gasteiger partial charge in [0.15, 0.2) is 0 Å². The van der Waals surface area contributed by atoms with Crippen LogP contribution in [0.25, 0.3) is 0 Å². The van der Waals surface area contributed by atoms with Gasteiger partial charge in [0.2, 0.25) is 5.91 Å². The van der Waals surface area contributed by atoms with Crippen molar-refractivity contribution in [1.29, 1.82) is 0 Å². The van der Waals surface area contributed by atoms with Gasteiger partial charge in [-0.3, -0.25) is 14.9 Å². The van der Waals surface area contributed by atoms with E-state index in [2.05, 4.69) is 10.6 Å². The van der Waals surface area contributed by atoms with E-state index < -0.39 is 4.92 Å². The molecule has 1 aliphatic heterocycles. The Hall–Kier alpha value is -2.11. The van der Waals surface area contributed by atoms with Crippen molar-refractivity contribution in [3.05, 3.63) is 28.3 Å². The van der Waals surface area contributed by atoms with E-state index in [1.165, 1.54) is 12.1 Å². The average molecular weight is 193 g/mol. The van der Waals surface area contributed by atoms with Crippen molar-refractivity contribution < 1.29 is 9.72 Å². The number of rotatable bonds is 1. The maximum atomic E-state index is 11.0. The second-order valence-electron chi connectivity index (χ2n) is 2.89. The average Bonchev–Trinajstić information content (AvgIpc) is 2.16. The van der Waals surface area contributed by atoms with E-state index in [1.807, 2.05) is 0 Å². The van der Waals surface area contributed by atoms with Gasteiger partial charge in [0.25, 0.3) is 5.69 Å². The SMILES string of the molecule is O=C1CNc2ccc([N+](=O)[O-])cc2N1. The van der Waals surface area contributed by atoms with Crippen LogP contribution in [0.15, 0.2) is 18.2 Å². The van der Waals surface area contributed by atoms with Gasteiger partial charge in [-0.2, -0.15) is 0 Å². The van der Waals surface area contributed by atoms with Crippen LogP contribution in [0.5, 0.6) is 0 Å². The zero-order valence-corrected chi connectivity index (χ0v) is 7.11. The first-order valence-corrected chi connectivity index (χ1v) is 3.99. The van der Waals surface area contributed by atoms with Crippen LogP contribution in [0.1, 0.15) is 0 Å². The third kappa shape index (κ3) is 1.37. The van der Waals surface area contributed by atoms with Gasteiger partial charge in [-0.15, -0.1) is 0 Å². The van der Waals surface area contributed by atoms with Crippen LogP contribution in [0.3, 0.4) is 0 Å². The summed E-state index contributed by atoms with van der Waals surface area (Å²) in [6.45, 7) is 0.199. The highest BCUT2D eigenvalue weighted by Crippen LogP contribution is 2.28. The van der Waals surface area contributed by atoms with Crippen molar-refractivity contribution in [2.45, 2.75) is 0 Å². The van der Waals surface area contributed by atoms with E-state index in [4.69, 9.17) is 0 Å². The number of hydrogen-bond acceptors (Lipinski definition) is 4. The lowest BCUT2D eigenvalue weighted by Crippen LogP contribution is -2.27. The van der Waals surface area contributed by atoms with Crippen molar-refractivity contribution in [3.63, 3.8) is 0 Å². The molecule has 0 spiro atoms. The van der Waals surface area contributed by atoms with Crippen LogP contribution in [0, 0.1) is 10.1 Å². The largest absolute Gasteiger partial charge is 0.374 e. The Kier molecular flexibility index (Phi) is 1.81. The molecule has 0 fully saturated rings. The number of nitro groups is 1. The highest BCUT2D eigenvalue weighted by atomic mass is 16.6. The van der Waals surface area contributed by atoms with E-state index in [0.29, 0.717) is 11.4 Å². The Bertz CT molecular complexity index is 416. The summed E-state index contributed by atoms with van der Waals surface area (Å²) >= 11 is 0. The number of nitro benzene ring substituents is 1. The van der Waals surface area contributed by atoms with Crippen LogP contribution in [-0.2, 0) is 4.79 Å². The van der Waals surface area contributed by atoms with Gasteiger partial charge in [-0.25, -0.2) is 0 Å². The summed E-state index contributed by atoms with van der Waals surface area (Å²) in [6.07, 6.45) is 0. The quantitative estimate of drug-likeness (QED) is 0.513. The second kappa shape index (κ2) is 2.99. The van der Waals surface area contributed by atoms with Crippen LogP contribution in [-0.4, -0.2) is 17.4 Å². The van der Waals surface area contributed by atoms with Crippen molar-refractivity contribution in [2.75, 3.05) is 17.2 Å². The number of amides is 1. The molecule has 0 unspecified atom stereocenters. The molecule has 0 saturated carbocycles. The highest BCUT2D eigenvalue weighted by Gasteiger charge is 2.16. The van der Waals surface area contributed by atoms with E-state index in [0.717, 1.165) is 0 Å². The molecule has 0 atom stereocenters. The summed E-state index contributed by atoms with van der Waals surface area (Å²) in [5.41, 5.74) is 1.12. The lowest BCUT2D eigenvalue weighted by molar-refractivity contribution is -0.384. The van der Waals surface area contributed by atoms with Crippen molar-refractivity contribution >= 4 is 23.0 Å². The number of carbonyl (C=O) groups is 1. The highest BCUT2D eigenvalue weighted by molar-refractivity contribution is 6.00. The molecule has 1 heterocycles. The fraction of sp³-hybridized carbons (Fsp3) is 0.125. The number of anilines is 2. The lowest BCUT2D eigenvalue weighted by Gasteiger charge is -2.17. The molecule has 0 radical (unpaired) electrons. The van der Waals surface area contributed by atoms with Gasteiger partial charge in [-0.1, -0.05) is 0 Å². The van der Waals surface area contributed by atoms with E-state index in [1.54, 1.807) is 6.07 Å². The van der Waals surface area contributed by atoms with Crippen LogP contribution in [0.4, 0.5) is 17.1 Å². The Morgan fingerprint density at radius 1 is 1.36 bits per heavy atom. The molecule has 14 heavy (non-hydrogen) atoms. The van der Waals surface area contributed by atoms with Gasteiger partial charge >= 0.3 is 0 Å². The summed E-state index contributed by atoms with van der Waals surface area (Å²) in [7, 11) is 0. The predicted molar refractivity (Wildman–Crippen MR) is 50.2 cm³/mol. The lowest BCUT2D eigenvalue weighted by atomic mass is 10.2. The summed E-state index contributed by atoms with van der Waals surface area (Å²) in [4.78, 5) is 20.9. The molecule has 0 aromatic heterocycles. The van der Waals surface area contributed by atoms with Crippen LogP contribution < -0.4 is 10.6 Å². The molecule has 1 aromatic carbocycles. The Morgan fingerprint density at radius 3 is 2.86 bits per heavy atom. The molecule has 0 aliphatic carbocycles. The number of hydrogen-bond donors (Lipinski definition) is 2. The molecular formula is C8H7N3O3. The zero-order valence-electron chi connectivity index (χ0n) is 7.11. The Morgan fingerprint density at radius 2 is 2.14 bits per heavy atom. The molecule has 0 saturated heterocycles. The minimum absolute atomic E-state index is 0.0345. The maximum Gasteiger partial charge on any atom is 0.271 e. The predicted octanol–water partition coefficient (Wildman–Crippen LogP) is 0.959. The number of nitrogens with zero attached hydrogens (tertiary/aromatic N) is 1. The molecular weight excluding hydrogens is 186 g/mol. The molecule has 1 aromatic rings. The Balaban J connectivity index is 2.42. The van der Waals surface area contributed by atoms with Crippen molar-refractivity contribution in [2.24, 2.45) is 0 Å². The minimum atomic E-state index is -0.499. The van der Waals surface area contributed by atoms with Gasteiger partial charge < -0.3 is 10.6 Å². The molecule has 2 N–H and O–H groups in total. The molecule has 1 amide bonds. The smallest absolute Gasteiger partial charge is 0.271 e.